The lowest BCUT2D eigenvalue weighted by atomic mass is 9.99. The smallest absolute Gasteiger partial charge is 0.123 e. The van der Waals surface area contributed by atoms with Gasteiger partial charge in [-0.3, -0.25) is 0 Å². The Kier molecular flexibility index (Phi) is 4.72. The van der Waals surface area contributed by atoms with Gasteiger partial charge >= 0.3 is 0 Å². The van der Waals surface area contributed by atoms with Gasteiger partial charge in [-0.15, -0.1) is 0 Å². The van der Waals surface area contributed by atoms with E-state index in [1.807, 2.05) is 0 Å². The lowest BCUT2D eigenvalue weighted by Gasteiger charge is -2.22. The monoisotopic (exact) mass is 251 g/mol. The second-order valence-corrected chi connectivity index (χ2v) is 5.31. The first kappa shape index (κ1) is 13.5. The van der Waals surface area contributed by atoms with Gasteiger partial charge in [-0.1, -0.05) is 25.0 Å². The average molecular weight is 251 g/mol. The summed E-state index contributed by atoms with van der Waals surface area (Å²) < 4.78 is 13.0. The van der Waals surface area contributed by atoms with Crippen LogP contribution in [0.2, 0.25) is 0 Å². The van der Waals surface area contributed by atoms with Crippen LogP contribution in [0.3, 0.4) is 0 Å². The summed E-state index contributed by atoms with van der Waals surface area (Å²) in [6.45, 7) is 2.66. The summed E-state index contributed by atoms with van der Waals surface area (Å²) >= 11 is 0. The minimum Gasteiger partial charge on any atom is -0.387 e. The summed E-state index contributed by atoms with van der Waals surface area (Å²) in [5.41, 5.74) is 0.640. The van der Waals surface area contributed by atoms with Crippen molar-refractivity contribution >= 4 is 0 Å². The van der Waals surface area contributed by atoms with Gasteiger partial charge in [0, 0.05) is 12.6 Å². The standard InChI is InChI=1S/C15H22FNO/c1-11(12-5-2-3-6-12)17-10-15(18)13-7-4-8-14(16)9-13/h4,7-9,11-12,15,17-18H,2-3,5-6,10H2,1H3/t11-,15?/m0/s1. The van der Waals surface area contributed by atoms with E-state index in [-0.39, 0.29) is 5.82 Å². The Balaban J connectivity index is 1.82. The molecule has 0 radical (unpaired) electrons. The van der Waals surface area contributed by atoms with Crippen LogP contribution in [0.4, 0.5) is 4.39 Å². The van der Waals surface area contributed by atoms with Crippen LogP contribution in [0.5, 0.6) is 0 Å². The van der Waals surface area contributed by atoms with Gasteiger partial charge in [0.25, 0.3) is 0 Å². The van der Waals surface area contributed by atoms with E-state index in [9.17, 15) is 9.50 Å². The van der Waals surface area contributed by atoms with Crippen LogP contribution in [-0.2, 0) is 0 Å². The molecule has 2 nitrogen and oxygen atoms in total. The first-order valence-electron chi connectivity index (χ1n) is 6.83. The van der Waals surface area contributed by atoms with Gasteiger partial charge in [0.15, 0.2) is 0 Å². The number of aliphatic hydroxyl groups is 1. The lowest BCUT2D eigenvalue weighted by Crippen LogP contribution is -2.35. The van der Waals surface area contributed by atoms with Crippen LogP contribution >= 0.6 is 0 Å². The van der Waals surface area contributed by atoms with Crippen molar-refractivity contribution in [2.24, 2.45) is 5.92 Å². The first-order chi connectivity index (χ1) is 8.66. The number of hydrogen-bond donors (Lipinski definition) is 2. The minimum atomic E-state index is -0.635. The Labute approximate surface area is 108 Å². The zero-order valence-corrected chi connectivity index (χ0v) is 10.9. The van der Waals surface area contributed by atoms with Crippen molar-refractivity contribution < 1.29 is 9.50 Å². The van der Waals surface area contributed by atoms with Crippen LogP contribution in [0.15, 0.2) is 24.3 Å². The van der Waals surface area contributed by atoms with E-state index in [0.29, 0.717) is 18.2 Å². The van der Waals surface area contributed by atoms with E-state index in [4.69, 9.17) is 0 Å². The van der Waals surface area contributed by atoms with Crippen LogP contribution in [0.25, 0.3) is 0 Å². The number of benzene rings is 1. The number of hydrogen-bond acceptors (Lipinski definition) is 2. The summed E-state index contributed by atoms with van der Waals surface area (Å²) in [4.78, 5) is 0. The Morgan fingerprint density at radius 1 is 1.39 bits per heavy atom. The Morgan fingerprint density at radius 2 is 2.11 bits per heavy atom. The maximum absolute atomic E-state index is 13.0. The molecule has 0 amide bonds. The topological polar surface area (TPSA) is 32.3 Å². The van der Waals surface area contributed by atoms with Crippen LogP contribution in [0.1, 0.15) is 44.3 Å². The van der Waals surface area contributed by atoms with Gasteiger partial charge in [-0.2, -0.15) is 0 Å². The molecule has 0 saturated heterocycles. The highest BCUT2D eigenvalue weighted by atomic mass is 19.1. The Morgan fingerprint density at radius 3 is 2.78 bits per heavy atom. The maximum atomic E-state index is 13.0. The van der Waals surface area contributed by atoms with Crippen molar-refractivity contribution in [3.63, 3.8) is 0 Å². The average Bonchev–Trinajstić information content (AvgIpc) is 2.89. The molecule has 1 aromatic carbocycles. The fourth-order valence-electron chi connectivity index (χ4n) is 2.75. The summed E-state index contributed by atoms with van der Waals surface area (Å²) in [7, 11) is 0. The third-order valence-electron chi connectivity index (χ3n) is 3.97. The van der Waals surface area contributed by atoms with Crippen LogP contribution < -0.4 is 5.32 Å². The van der Waals surface area contributed by atoms with Gasteiger partial charge in [0.2, 0.25) is 0 Å². The normalized spacial score (nSPS) is 19.9. The van der Waals surface area contributed by atoms with Crippen LogP contribution in [-0.4, -0.2) is 17.7 Å². The molecule has 0 spiro atoms. The lowest BCUT2D eigenvalue weighted by molar-refractivity contribution is 0.165. The minimum absolute atomic E-state index is 0.296. The second kappa shape index (κ2) is 6.30. The zero-order chi connectivity index (χ0) is 13.0. The fraction of sp³-hybridized carbons (Fsp3) is 0.600. The molecule has 0 bridgehead atoms. The third kappa shape index (κ3) is 3.53. The molecule has 1 saturated carbocycles. The summed E-state index contributed by atoms with van der Waals surface area (Å²) in [5, 5.41) is 13.4. The zero-order valence-electron chi connectivity index (χ0n) is 10.9. The predicted molar refractivity (Wildman–Crippen MR) is 70.8 cm³/mol. The van der Waals surface area contributed by atoms with Crippen molar-refractivity contribution in [1.82, 2.24) is 5.32 Å². The van der Waals surface area contributed by atoms with Crippen molar-refractivity contribution in [3.8, 4) is 0 Å². The highest BCUT2D eigenvalue weighted by Gasteiger charge is 2.21. The van der Waals surface area contributed by atoms with Crippen molar-refractivity contribution in [2.45, 2.75) is 44.8 Å². The quantitative estimate of drug-likeness (QED) is 0.843. The highest BCUT2D eigenvalue weighted by Crippen LogP contribution is 2.27. The van der Waals surface area contributed by atoms with Gasteiger partial charge < -0.3 is 10.4 Å². The molecule has 0 heterocycles. The molecule has 1 unspecified atom stereocenters. The van der Waals surface area contributed by atoms with E-state index in [1.54, 1.807) is 12.1 Å². The molecular formula is C15H22FNO. The molecule has 1 aliphatic rings. The Hall–Kier alpha value is -0.930. The molecular weight excluding hydrogens is 229 g/mol. The predicted octanol–water partition coefficient (Wildman–Crippen LogP) is 3.03. The van der Waals surface area contributed by atoms with Crippen LogP contribution in [0, 0.1) is 11.7 Å². The van der Waals surface area contributed by atoms with E-state index in [0.717, 1.165) is 5.92 Å². The molecule has 0 aliphatic heterocycles. The van der Waals surface area contributed by atoms with E-state index < -0.39 is 6.10 Å². The summed E-state index contributed by atoms with van der Waals surface area (Å²) in [6, 6.07) is 6.61. The van der Waals surface area contributed by atoms with Gasteiger partial charge in [-0.05, 0) is 43.4 Å². The fourth-order valence-corrected chi connectivity index (χ4v) is 2.75. The van der Waals surface area contributed by atoms with Crippen molar-refractivity contribution in [3.05, 3.63) is 35.6 Å². The summed E-state index contributed by atoms with van der Waals surface area (Å²) in [6.07, 6.45) is 4.57. The molecule has 1 aromatic rings. The molecule has 100 valence electrons. The van der Waals surface area contributed by atoms with Gasteiger partial charge in [0.1, 0.15) is 5.82 Å². The number of nitrogens with one attached hydrogen (secondary N) is 1. The van der Waals surface area contributed by atoms with Crippen molar-refractivity contribution in [1.29, 1.82) is 0 Å². The molecule has 1 aliphatic carbocycles. The van der Waals surface area contributed by atoms with Crippen molar-refractivity contribution in [2.75, 3.05) is 6.54 Å². The number of halogens is 1. The molecule has 3 heteroatoms. The van der Waals surface area contributed by atoms with E-state index >= 15 is 0 Å². The molecule has 2 N–H and O–H groups in total. The van der Waals surface area contributed by atoms with Gasteiger partial charge in [-0.25, -0.2) is 4.39 Å². The van der Waals surface area contributed by atoms with E-state index in [1.165, 1.54) is 37.8 Å². The number of aliphatic hydroxyl groups excluding tert-OH is 1. The highest BCUT2D eigenvalue weighted by molar-refractivity contribution is 5.18. The SMILES string of the molecule is C[C@H](NCC(O)c1cccc(F)c1)C1CCCC1. The first-order valence-corrected chi connectivity index (χ1v) is 6.83. The maximum Gasteiger partial charge on any atom is 0.123 e. The van der Waals surface area contributed by atoms with E-state index in [2.05, 4.69) is 12.2 Å². The molecule has 0 aromatic heterocycles. The molecule has 2 rings (SSSR count). The summed E-state index contributed by atoms with van der Waals surface area (Å²) in [5.74, 6) is 0.431. The molecule has 1 fully saturated rings. The number of rotatable bonds is 5. The largest absolute Gasteiger partial charge is 0.387 e. The molecule has 2 atom stereocenters. The third-order valence-corrected chi connectivity index (χ3v) is 3.97. The molecule has 18 heavy (non-hydrogen) atoms. The van der Waals surface area contributed by atoms with Gasteiger partial charge in [0.05, 0.1) is 6.10 Å². The Bertz CT molecular complexity index is 377. The second-order valence-electron chi connectivity index (χ2n) is 5.31.